The predicted molar refractivity (Wildman–Crippen MR) is 88.1 cm³/mol. The zero-order valence-corrected chi connectivity index (χ0v) is 13.0. The average molecular weight is 280 g/mol. The van der Waals surface area contributed by atoms with E-state index in [9.17, 15) is 0 Å². The minimum atomic E-state index is 0.218. The summed E-state index contributed by atoms with van der Waals surface area (Å²) in [4.78, 5) is 0. The molecular formula is C20H24O. The second-order valence-corrected chi connectivity index (χ2v) is 6.43. The lowest BCUT2D eigenvalue weighted by Crippen LogP contribution is -2.12. The van der Waals surface area contributed by atoms with Gasteiger partial charge in [0.25, 0.3) is 0 Å². The van der Waals surface area contributed by atoms with E-state index in [4.69, 9.17) is 4.74 Å². The Kier molecular flexibility index (Phi) is 4.40. The van der Waals surface area contributed by atoms with Crippen LogP contribution >= 0.6 is 0 Å². The van der Waals surface area contributed by atoms with Gasteiger partial charge < -0.3 is 4.74 Å². The third kappa shape index (κ3) is 3.74. The SMILES string of the molecule is CC(C)[C@H](OCC1CC1)c1ccc(-c2ccccc2)cc1. The zero-order chi connectivity index (χ0) is 14.7. The molecule has 0 saturated heterocycles. The number of ether oxygens (including phenoxy) is 1. The van der Waals surface area contributed by atoms with E-state index in [2.05, 4.69) is 68.4 Å². The van der Waals surface area contributed by atoms with Crippen LogP contribution in [0.3, 0.4) is 0 Å². The van der Waals surface area contributed by atoms with Crippen LogP contribution in [0.4, 0.5) is 0 Å². The highest BCUT2D eigenvalue weighted by Crippen LogP contribution is 2.34. The molecule has 0 bridgehead atoms. The second kappa shape index (κ2) is 6.44. The highest BCUT2D eigenvalue weighted by Gasteiger charge is 2.25. The van der Waals surface area contributed by atoms with Crippen LogP contribution in [0.15, 0.2) is 54.6 Å². The minimum absolute atomic E-state index is 0.218. The molecule has 0 N–H and O–H groups in total. The molecule has 1 nitrogen and oxygen atoms in total. The summed E-state index contributed by atoms with van der Waals surface area (Å²) < 4.78 is 6.16. The summed E-state index contributed by atoms with van der Waals surface area (Å²) >= 11 is 0. The van der Waals surface area contributed by atoms with E-state index in [1.54, 1.807) is 0 Å². The average Bonchev–Trinajstić information content (AvgIpc) is 3.33. The van der Waals surface area contributed by atoms with Crippen molar-refractivity contribution in [2.24, 2.45) is 11.8 Å². The molecule has 0 aliphatic heterocycles. The van der Waals surface area contributed by atoms with Gasteiger partial charge in [-0.2, -0.15) is 0 Å². The lowest BCUT2D eigenvalue weighted by molar-refractivity contribution is 0.0147. The van der Waals surface area contributed by atoms with Gasteiger partial charge in [-0.05, 0) is 41.4 Å². The molecule has 21 heavy (non-hydrogen) atoms. The monoisotopic (exact) mass is 280 g/mol. The molecule has 0 spiro atoms. The Morgan fingerprint density at radius 3 is 2.10 bits per heavy atom. The minimum Gasteiger partial charge on any atom is -0.373 e. The fraction of sp³-hybridized carbons (Fsp3) is 0.400. The first-order valence-electron chi connectivity index (χ1n) is 8.01. The Labute approximate surface area is 128 Å². The van der Waals surface area contributed by atoms with Gasteiger partial charge in [-0.3, -0.25) is 0 Å². The zero-order valence-electron chi connectivity index (χ0n) is 13.0. The van der Waals surface area contributed by atoms with Gasteiger partial charge in [0.1, 0.15) is 0 Å². The molecule has 2 aromatic rings. The topological polar surface area (TPSA) is 9.23 Å². The number of benzene rings is 2. The largest absolute Gasteiger partial charge is 0.373 e. The van der Waals surface area contributed by atoms with Crippen LogP contribution in [-0.4, -0.2) is 6.61 Å². The van der Waals surface area contributed by atoms with Crippen molar-refractivity contribution in [3.63, 3.8) is 0 Å². The lowest BCUT2D eigenvalue weighted by atomic mass is 9.96. The van der Waals surface area contributed by atoms with Gasteiger partial charge in [0.15, 0.2) is 0 Å². The van der Waals surface area contributed by atoms with Crippen molar-refractivity contribution in [3.05, 3.63) is 60.2 Å². The van der Waals surface area contributed by atoms with Crippen LogP contribution in [0, 0.1) is 11.8 Å². The Bertz CT molecular complexity index is 552. The van der Waals surface area contributed by atoms with E-state index in [0.29, 0.717) is 5.92 Å². The number of hydrogen-bond donors (Lipinski definition) is 0. The van der Waals surface area contributed by atoms with Crippen molar-refractivity contribution in [3.8, 4) is 11.1 Å². The molecule has 1 atom stereocenters. The smallest absolute Gasteiger partial charge is 0.0847 e. The van der Waals surface area contributed by atoms with E-state index in [0.717, 1.165) is 12.5 Å². The summed E-state index contributed by atoms with van der Waals surface area (Å²) in [7, 11) is 0. The maximum Gasteiger partial charge on any atom is 0.0847 e. The molecule has 0 heterocycles. The van der Waals surface area contributed by atoms with Crippen LogP contribution in [0.2, 0.25) is 0 Å². The Morgan fingerprint density at radius 1 is 0.905 bits per heavy atom. The molecule has 1 fully saturated rings. The van der Waals surface area contributed by atoms with Crippen LogP contribution < -0.4 is 0 Å². The number of rotatable bonds is 6. The van der Waals surface area contributed by atoms with Gasteiger partial charge in [0.2, 0.25) is 0 Å². The van der Waals surface area contributed by atoms with Crippen LogP contribution in [-0.2, 0) is 4.74 Å². The van der Waals surface area contributed by atoms with Crippen molar-refractivity contribution in [1.29, 1.82) is 0 Å². The molecule has 2 aromatic carbocycles. The van der Waals surface area contributed by atoms with Crippen molar-refractivity contribution in [2.45, 2.75) is 32.8 Å². The van der Waals surface area contributed by atoms with Gasteiger partial charge in [-0.15, -0.1) is 0 Å². The number of hydrogen-bond acceptors (Lipinski definition) is 1. The van der Waals surface area contributed by atoms with Crippen molar-refractivity contribution in [2.75, 3.05) is 6.61 Å². The summed E-state index contributed by atoms with van der Waals surface area (Å²) in [5, 5.41) is 0. The Morgan fingerprint density at radius 2 is 1.52 bits per heavy atom. The van der Waals surface area contributed by atoms with E-state index < -0.39 is 0 Å². The maximum atomic E-state index is 6.16. The van der Waals surface area contributed by atoms with Gasteiger partial charge in [0, 0.05) is 0 Å². The molecule has 1 heteroatoms. The second-order valence-electron chi connectivity index (χ2n) is 6.43. The fourth-order valence-corrected chi connectivity index (χ4v) is 2.69. The highest BCUT2D eigenvalue weighted by atomic mass is 16.5. The molecule has 0 aromatic heterocycles. The van der Waals surface area contributed by atoms with Gasteiger partial charge in [0.05, 0.1) is 12.7 Å². The Balaban J connectivity index is 1.74. The first kappa shape index (κ1) is 14.3. The quantitative estimate of drug-likeness (QED) is 0.681. The summed E-state index contributed by atoms with van der Waals surface area (Å²) in [6, 6.07) is 19.4. The molecule has 3 rings (SSSR count). The lowest BCUT2D eigenvalue weighted by Gasteiger charge is -2.22. The van der Waals surface area contributed by atoms with Crippen LogP contribution in [0.25, 0.3) is 11.1 Å². The molecule has 110 valence electrons. The van der Waals surface area contributed by atoms with Crippen molar-refractivity contribution < 1.29 is 4.74 Å². The summed E-state index contributed by atoms with van der Waals surface area (Å²) in [5.41, 5.74) is 3.83. The molecule has 1 aliphatic rings. The standard InChI is InChI=1S/C20H24O/c1-15(2)20(21-14-16-8-9-16)19-12-10-18(11-13-19)17-6-4-3-5-7-17/h3-7,10-13,15-16,20H,8-9,14H2,1-2H3/t20-/m0/s1. The first-order chi connectivity index (χ1) is 10.2. The molecule has 0 radical (unpaired) electrons. The van der Waals surface area contributed by atoms with Gasteiger partial charge in [-0.25, -0.2) is 0 Å². The normalized spacial score (nSPS) is 16.1. The summed E-state index contributed by atoms with van der Waals surface area (Å²) in [5.74, 6) is 1.32. The van der Waals surface area contributed by atoms with E-state index in [1.165, 1.54) is 29.5 Å². The third-order valence-corrected chi connectivity index (χ3v) is 4.16. The maximum absolute atomic E-state index is 6.16. The summed E-state index contributed by atoms with van der Waals surface area (Å²) in [6.45, 7) is 5.40. The predicted octanol–water partition coefficient (Wildman–Crippen LogP) is 5.48. The Hall–Kier alpha value is -1.60. The van der Waals surface area contributed by atoms with Crippen molar-refractivity contribution >= 4 is 0 Å². The third-order valence-electron chi connectivity index (χ3n) is 4.16. The molecule has 1 saturated carbocycles. The molecule has 0 unspecified atom stereocenters. The van der Waals surface area contributed by atoms with E-state index in [1.807, 2.05) is 0 Å². The molecule has 0 amide bonds. The van der Waals surface area contributed by atoms with Gasteiger partial charge >= 0.3 is 0 Å². The van der Waals surface area contributed by atoms with Crippen LogP contribution in [0.5, 0.6) is 0 Å². The molecule has 1 aliphatic carbocycles. The van der Waals surface area contributed by atoms with E-state index >= 15 is 0 Å². The van der Waals surface area contributed by atoms with E-state index in [-0.39, 0.29) is 6.10 Å². The highest BCUT2D eigenvalue weighted by molar-refractivity contribution is 5.63. The molecular weight excluding hydrogens is 256 g/mol. The van der Waals surface area contributed by atoms with Crippen LogP contribution in [0.1, 0.15) is 38.4 Å². The van der Waals surface area contributed by atoms with Crippen molar-refractivity contribution in [1.82, 2.24) is 0 Å². The first-order valence-corrected chi connectivity index (χ1v) is 8.01. The summed E-state index contributed by atoms with van der Waals surface area (Å²) in [6.07, 6.45) is 2.91. The van der Waals surface area contributed by atoms with Gasteiger partial charge in [-0.1, -0.05) is 68.4 Å². The fourth-order valence-electron chi connectivity index (χ4n) is 2.69.